The number of carbonyl (C=O) groups is 1. The Labute approximate surface area is 182 Å². The second-order valence-electron chi connectivity index (χ2n) is 8.12. The summed E-state index contributed by atoms with van der Waals surface area (Å²) in [5, 5.41) is 9.78. The van der Waals surface area contributed by atoms with Crippen LogP contribution in [0.1, 0.15) is 31.4 Å². The average Bonchev–Trinajstić information content (AvgIpc) is 3.22. The zero-order valence-corrected chi connectivity index (χ0v) is 18.1. The van der Waals surface area contributed by atoms with Gasteiger partial charge >= 0.3 is 0 Å². The molecule has 1 aromatic carbocycles. The minimum absolute atomic E-state index is 0.186. The molecule has 0 radical (unpaired) electrons. The third-order valence-electron chi connectivity index (χ3n) is 5.32. The van der Waals surface area contributed by atoms with E-state index in [2.05, 4.69) is 44.5 Å². The van der Waals surface area contributed by atoms with Gasteiger partial charge in [-0.05, 0) is 50.5 Å². The van der Waals surface area contributed by atoms with Crippen LogP contribution in [0.4, 0.5) is 11.6 Å². The summed E-state index contributed by atoms with van der Waals surface area (Å²) in [6.45, 7) is 7.53. The Hall–Kier alpha value is -3.26. The molecule has 2 aromatic heterocycles. The van der Waals surface area contributed by atoms with Crippen LogP contribution in [-0.4, -0.2) is 56.3 Å². The molecule has 4 rings (SSSR count). The molecule has 8 heteroatoms. The number of anilines is 2. The number of hydrogen-bond donors (Lipinski definition) is 2. The fourth-order valence-electron chi connectivity index (χ4n) is 3.68. The van der Waals surface area contributed by atoms with Crippen molar-refractivity contribution >= 4 is 17.5 Å². The number of rotatable bonds is 8. The van der Waals surface area contributed by atoms with Gasteiger partial charge in [0, 0.05) is 37.5 Å². The largest absolute Gasteiger partial charge is 0.372 e. The van der Waals surface area contributed by atoms with Gasteiger partial charge in [0.25, 0.3) is 0 Å². The van der Waals surface area contributed by atoms with Crippen molar-refractivity contribution in [2.24, 2.45) is 0 Å². The van der Waals surface area contributed by atoms with E-state index in [1.807, 2.05) is 30.9 Å². The lowest BCUT2D eigenvalue weighted by atomic mass is 9.99. The highest BCUT2D eigenvalue weighted by atomic mass is 16.5. The van der Waals surface area contributed by atoms with Crippen LogP contribution in [0.25, 0.3) is 11.3 Å². The Morgan fingerprint density at radius 2 is 2.16 bits per heavy atom. The molecule has 162 valence electrons. The monoisotopic (exact) mass is 420 g/mol. The first-order valence-corrected chi connectivity index (χ1v) is 10.6. The highest BCUT2D eigenvalue weighted by Gasteiger charge is 2.31. The molecule has 31 heavy (non-hydrogen) atoms. The molecule has 3 aromatic rings. The van der Waals surface area contributed by atoms with Crippen molar-refractivity contribution < 1.29 is 9.53 Å². The summed E-state index contributed by atoms with van der Waals surface area (Å²) in [6.07, 6.45) is 6.79. The predicted molar refractivity (Wildman–Crippen MR) is 119 cm³/mol. The number of aromatic amines is 1. The molecule has 0 atom stereocenters. The van der Waals surface area contributed by atoms with Gasteiger partial charge in [0.1, 0.15) is 0 Å². The van der Waals surface area contributed by atoms with Gasteiger partial charge in [-0.1, -0.05) is 12.1 Å². The van der Waals surface area contributed by atoms with Crippen LogP contribution in [0.15, 0.2) is 42.9 Å². The number of benzene rings is 1. The van der Waals surface area contributed by atoms with Crippen LogP contribution in [0.3, 0.4) is 0 Å². The van der Waals surface area contributed by atoms with Crippen molar-refractivity contribution in [3.63, 3.8) is 0 Å². The van der Waals surface area contributed by atoms with Gasteiger partial charge in [-0.15, -0.1) is 0 Å². The highest BCUT2D eigenvalue weighted by Crippen LogP contribution is 2.23. The summed E-state index contributed by atoms with van der Waals surface area (Å²) in [7, 11) is 0. The van der Waals surface area contributed by atoms with E-state index in [0.717, 1.165) is 28.9 Å². The molecular formula is C23H28N6O2. The lowest BCUT2D eigenvalue weighted by Gasteiger charge is -2.40. The van der Waals surface area contributed by atoms with Crippen LogP contribution in [-0.2, 0) is 16.0 Å². The third kappa shape index (κ3) is 5.27. The zero-order valence-electron chi connectivity index (χ0n) is 18.1. The second-order valence-corrected chi connectivity index (χ2v) is 8.12. The van der Waals surface area contributed by atoms with Crippen molar-refractivity contribution in [1.29, 1.82) is 0 Å². The number of nitrogens with zero attached hydrogens (tertiary/aromatic N) is 4. The zero-order chi connectivity index (χ0) is 21.8. The number of H-pyrrole nitrogens is 1. The third-order valence-corrected chi connectivity index (χ3v) is 5.32. The Balaban J connectivity index is 1.35. The summed E-state index contributed by atoms with van der Waals surface area (Å²) in [5.74, 6) is 0.707. The smallest absolute Gasteiger partial charge is 0.227 e. The SMILES string of the molecule is Cc1cc(-c2ccnc(Nc3cn[nH]c3)n2)ccc1CCC(=O)N1CC(OC(C)C)C1. The molecule has 2 N–H and O–H groups in total. The molecule has 1 amide bonds. The number of aromatic nitrogens is 4. The first-order chi connectivity index (χ1) is 15.0. The molecular weight excluding hydrogens is 392 g/mol. The van der Waals surface area contributed by atoms with Crippen molar-refractivity contribution in [3.8, 4) is 11.3 Å². The molecule has 0 unspecified atom stereocenters. The Bertz CT molecular complexity index is 1030. The number of carbonyl (C=O) groups excluding carboxylic acids is 1. The Morgan fingerprint density at radius 3 is 2.87 bits per heavy atom. The molecule has 1 aliphatic heterocycles. The van der Waals surface area contributed by atoms with Crippen LogP contribution >= 0.6 is 0 Å². The fourth-order valence-corrected chi connectivity index (χ4v) is 3.68. The molecule has 3 heterocycles. The Kier molecular flexibility index (Phi) is 6.27. The van der Waals surface area contributed by atoms with Crippen molar-refractivity contribution in [1.82, 2.24) is 25.1 Å². The van der Waals surface area contributed by atoms with Crippen LogP contribution < -0.4 is 5.32 Å². The van der Waals surface area contributed by atoms with Gasteiger partial charge in [-0.2, -0.15) is 5.10 Å². The van der Waals surface area contributed by atoms with Crippen molar-refractivity contribution in [2.45, 2.75) is 45.8 Å². The number of ether oxygens (including phenoxy) is 1. The standard InChI is InChI=1S/C23H28N6O2/c1-15(2)31-20-13-29(14-20)22(30)7-6-17-4-5-18(10-16(17)3)21-8-9-24-23(28-21)27-19-11-25-26-12-19/h4-5,8-12,15,20H,6-7,13-14H2,1-3H3,(H,25,26)(H,24,27,28). The molecule has 1 aliphatic rings. The number of hydrogen-bond acceptors (Lipinski definition) is 6. The first-order valence-electron chi connectivity index (χ1n) is 10.6. The summed E-state index contributed by atoms with van der Waals surface area (Å²) >= 11 is 0. The maximum absolute atomic E-state index is 12.4. The topological polar surface area (TPSA) is 96.0 Å². The van der Waals surface area contributed by atoms with Crippen LogP contribution in [0.2, 0.25) is 0 Å². The minimum atomic E-state index is 0.186. The summed E-state index contributed by atoms with van der Waals surface area (Å²) in [5.41, 5.74) is 4.99. The van der Waals surface area contributed by atoms with Gasteiger partial charge in [0.2, 0.25) is 11.9 Å². The van der Waals surface area contributed by atoms with E-state index < -0.39 is 0 Å². The number of nitrogens with one attached hydrogen (secondary N) is 2. The van der Waals surface area contributed by atoms with E-state index in [1.165, 1.54) is 5.56 Å². The maximum Gasteiger partial charge on any atom is 0.227 e. The van der Waals surface area contributed by atoms with Crippen LogP contribution in [0.5, 0.6) is 0 Å². The predicted octanol–water partition coefficient (Wildman–Crippen LogP) is 3.49. The molecule has 0 saturated carbocycles. The molecule has 0 aliphatic carbocycles. The van der Waals surface area contributed by atoms with E-state index in [4.69, 9.17) is 4.74 Å². The molecule has 8 nitrogen and oxygen atoms in total. The normalized spacial score (nSPS) is 14.0. The average molecular weight is 421 g/mol. The van der Waals surface area contributed by atoms with Gasteiger partial charge in [-0.3, -0.25) is 9.89 Å². The molecule has 0 bridgehead atoms. The number of likely N-dealkylation sites (tertiary alicyclic amines) is 1. The van der Waals surface area contributed by atoms with Crippen molar-refractivity contribution in [3.05, 3.63) is 54.0 Å². The van der Waals surface area contributed by atoms with E-state index in [1.54, 1.807) is 18.6 Å². The fraction of sp³-hybridized carbons (Fsp3) is 0.391. The van der Waals surface area contributed by atoms with E-state index in [9.17, 15) is 4.79 Å². The van der Waals surface area contributed by atoms with E-state index in [-0.39, 0.29) is 18.1 Å². The lowest BCUT2D eigenvalue weighted by Crippen LogP contribution is -2.55. The lowest BCUT2D eigenvalue weighted by molar-refractivity contribution is -0.148. The molecule has 1 saturated heterocycles. The molecule has 0 spiro atoms. The van der Waals surface area contributed by atoms with Gasteiger partial charge < -0.3 is 15.0 Å². The van der Waals surface area contributed by atoms with Gasteiger partial charge in [0.05, 0.1) is 29.8 Å². The minimum Gasteiger partial charge on any atom is -0.372 e. The van der Waals surface area contributed by atoms with E-state index >= 15 is 0 Å². The highest BCUT2D eigenvalue weighted by molar-refractivity contribution is 5.77. The molecule has 1 fully saturated rings. The quantitative estimate of drug-likeness (QED) is 0.579. The summed E-state index contributed by atoms with van der Waals surface area (Å²) in [6, 6.07) is 8.13. The van der Waals surface area contributed by atoms with Crippen molar-refractivity contribution in [2.75, 3.05) is 18.4 Å². The summed E-state index contributed by atoms with van der Waals surface area (Å²) < 4.78 is 5.73. The van der Waals surface area contributed by atoms with E-state index in [0.29, 0.717) is 25.5 Å². The van der Waals surface area contributed by atoms with Crippen LogP contribution in [0, 0.1) is 6.92 Å². The number of aryl methyl sites for hydroxylation is 2. The number of amides is 1. The summed E-state index contributed by atoms with van der Waals surface area (Å²) in [4.78, 5) is 23.2. The van der Waals surface area contributed by atoms with Gasteiger partial charge in [-0.25, -0.2) is 9.97 Å². The second kappa shape index (κ2) is 9.26. The van der Waals surface area contributed by atoms with Gasteiger partial charge in [0.15, 0.2) is 0 Å². The first kappa shape index (κ1) is 21.0. The maximum atomic E-state index is 12.4. The Morgan fingerprint density at radius 1 is 1.32 bits per heavy atom.